The smallest absolute Gasteiger partial charge is 0.262 e. The van der Waals surface area contributed by atoms with Gasteiger partial charge in [0.15, 0.2) is 23.9 Å². The summed E-state index contributed by atoms with van der Waals surface area (Å²) in [4.78, 5) is 42.9. The second-order valence-corrected chi connectivity index (χ2v) is 15.0. The number of aryl methyl sites for hydroxylation is 2. The van der Waals surface area contributed by atoms with Crippen molar-refractivity contribution in [3.8, 4) is 5.75 Å². The molecule has 44 heavy (non-hydrogen) atoms. The van der Waals surface area contributed by atoms with Gasteiger partial charge in [0.25, 0.3) is 5.91 Å². The van der Waals surface area contributed by atoms with Crippen LogP contribution < -0.4 is 10.1 Å². The predicted molar refractivity (Wildman–Crippen MR) is 176 cm³/mol. The number of hydrogen-bond acceptors (Lipinski definition) is 5. The number of rotatable bonds is 7. The number of nitrogens with one attached hydrogen (secondary N) is 1. The van der Waals surface area contributed by atoms with Gasteiger partial charge in [-0.25, -0.2) is 0 Å². The maximum Gasteiger partial charge on any atom is 0.262 e. The zero-order valence-corrected chi connectivity index (χ0v) is 28.3. The molecule has 0 aromatic heterocycles. The van der Waals surface area contributed by atoms with E-state index < -0.39 is 5.92 Å². The summed E-state index contributed by atoms with van der Waals surface area (Å²) < 4.78 is 5.82. The minimum Gasteiger partial charge on any atom is -0.481 e. The summed E-state index contributed by atoms with van der Waals surface area (Å²) in [6.45, 7) is 15.0. The van der Waals surface area contributed by atoms with E-state index in [0.717, 1.165) is 48.3 Å². The minimum atomic E-state index is -0.558. The molecule has 1 N–H and O–H groups in total. The third-order valence-electron chi connectivity index (χ3n) is 8.83. The van der Waals surface area contributed by atoms with Crippen molar-refractivity contribution in [2.24, 2.45) is 10.8 Å². The average Bonchev–Trinajstić information content (AvgIpc) is 2.89. The molecule has 234 valence electrons. The molecule has 0 unspecified atom stereocenters. The summed E-state index contributed by atoms with van der Waals surface area (Å²) in [5.41, 5.74) is 6.45. The van der Waals surface area contributed by atoms with Gasteiger partial charge in [-0.2, -0.15) is 0 Å². The highest BCUT2D eigenvalue weighted by atomic mass is 35.5. The van der Waals surface area contributed by atoms with E-state index >= 15 is 0 Å². The Morgan fingerprint density at radius 3 is 1.95 bits per heavy atom. The molecule has 2 aromatic carbocycles. The van der Waals surface area contributed by atoms with Gasteiger partial charge >= 0.3 is 0 Å². The van der Waals surface area contributed by atoms with E-state index in [4.69, 9.17) is 27.9 Å². The number of ether oxygens (including phenoxy) is 1. The number of halogens is 2. The molecule has 8 heteroatoms. The highest BCUT2D eigenvalue weighted by Gasteiger charge is 2.49. The molecule has 1 amide bonds. The Morgan fingerprint density at radius 2 is 1.45 bits per heavy atom. The van der Waals surface area contributed by atoms with Crippen LogP contribution in [0.3, 0.4) is 0 Å². The molecule has 0 fully saturated rings. The van der Waals surface area contributed by atoms with E-state index in [-0.39, 0.29) is 50.7 Å². The van der Waals surface area contributed by atoms with Crippen LogP contribution in [0, 0.1) is 24.7 Å². The zero-order valence-electron chi connectivity index (χ0n) is 26.7. The second kappa shape index (κ2) is 12.0. The maximum atomic E-state index is 13.9. The van der Waals surface area contributed by atoms with Crippen molar-refractivity contribution in [1.82, 2.24) is 4.90 Å². The number of Topliss-reactive ketones (excluding diaryl/α,β-unsaturated/α-hetero) is 2. The first kappa shape index (κ1) is 32.3. The number of nitrogens with zero attached hydrogens (tertiary/aromatic N) is 1. The van der Waals surface area contributed by atoms with Crippen molar-refractivity contribution < 1.29 is 19.1 Å². The number of carbonyl (C=O) groups is 3. The van der Waals surface area contributed by atoms with E-state index in [1.807, 2.05) is 32.0 Å². The molecule has 0 bridgehead atoms. The Morgan fingerprint density at radius 1 is 0.909 bits per heavy atom. The fraction of sp³-hybridized carbons (Fsp3) is 0.472. The molecule has 1 aliphatic heterocycles. The van der Waals surface area contributed by atoms with Crippen molar-refractivity contribution in [3.05, 3.63) is 79.6 Å². The van der Waals surface area contributed by atoms with Crippen LogP contribution >= 0.6 is 23.2 Å². The molecule has 2 aliphatic carbocycles. The van der Waals surface area contributed by atoms with E-state index in [1.165, 1.54) is 0 Å². The van der Waals surface area contributed by atoms with E-state index in [9.17, 15) is 14.4 Å². The molecule has 0 atom stereocenters. The lowest BCUT2D eigenvalue weighted by molar-refractivity contribution is -0.120. The number of benzene rings is 2. The molecule has 5 rings (SSSR count). The summed E-state index contributed by atoms with van der Waals surface area (Å²) >= 11 is 13.6. The SMILES string of the molecule is CCCN1C2=C(C(=O)CC(C)(C)C2)C(c2cc(Cl)c(OCC(=O)Nc3ccc(C)cc3C)c(Cl)c2)C2=C1CC(C)(C)CC2=O. The summed E-state index contributed by atoms with van der Waals surface area (Å²) in [5, 5.41) is 3.31. The topological polar surface area (TPSA) is 75.7 Å². The summed E-state index contributed by atoms with van der Waals surface area (Å²) in [6, 6.07) is 9.25. The number of amides is 1. The lowest BCUT2D eigenvalue weighted by atomic mass is 9.63. The summed E-state index contributed by atoms with van der Waals surface area (Å²) in [5.74, 6) is -0.597. The van der Waals surface area contributed by atoms with Gasteiger partial charge in [-0.05, 0) is 73.3 Å². The molecule has 0 spiro atoms. The molecular weight excluding hydrogens is 595 g/mol. The molecule has 2 aromatic rings. The van der Waals surface area contributed by atoms with Gasteiger partial charge in [-0.3, -0.25) is 14.4 Å². The number of ketones is 2. The lowest BCUT2D eigenvalue weighted by Gasteiger charge is -2.49. The first-order valence-corrected chi connectivity index (χ1v) is 16.2. The third-order valence-corrected chi connectivity index (χ3v) is 9.39. The van der Waals surface area contributed by atoms with E-state index in [1.54, 1.807) is 12.1 Å². The van der Waals surface area contributed by atoms with Crippen LogP contribution in [0.2, 0.25) is 10.0 Å². The number of allylic oxidation sites excluding steroid dienone is 4. The standard InChI is InChI=1S/C36H42Cl2N2O4/c1-8-11-40-26-15-35(4,5)17-28(41)32(26)31(33-27(40)16-36(6,7)18-29(33)42)22-13-23(37)34(24(38)14-22)44-19-30(43)39-25-10-9-20(2)12-21(25)3/h9-10,12-14,31H,8,11,15-19H2,1-7H3,(H,39,43). The Labute approximate surface area is 270 Å². The lowest BCUT2D eigenvalue weighted by Crippen LogP contribution is -2.44. The molecular formula is C36H42Cl2N2O4. The first-order chi connectivity index (χ1) is 20.6. The Hall–Kier alpha value is -3.09. The zero-order chi connectivity index (χ0) is 32.1. The van der Waals surface area contributed by atoms with Crippen molar-refractivity contribution >= 4 is 46.4 Å². The van der Waals surface area contributed by atoms with E-state index in [0.29, 0.717) is 35.2 Å². The largest absolute Gasteiger partial charge is 0.481 e. The van der Waals surface area contributed by atoms with Gasteiger partial charge in [-0.15, -0.1) is 0 Å². The fourth-order valence-electron chi connectivity index (χ4n) is 7.04. The van der Waals surface area contributed by atoms with Crippen LogP contribution in [0.5, 0.6) is 5.75 Å². The van der Waals surface area contributed by atoms with Gasteiger partial charge < -0.3 is 15.0 Å². The quantitative estimate of drug-likeness (QED) is 0.329. The Bertz CT molecular complexity index is 1540. The Kier molecular flexibility index (Phi) is 8.82. The third kappa shape index (κ3) is 6.34. The number of anilines is 1. The molecule has 0 saturated heterocycles. The van der Waals surface area contributed by atoms with Crippen molar-refractivity contribution in [3.63, 3.8) is 0 Å². The molecule has 3 aliphatic rings. The van der Waals surface area contributed by atoms with Gasteiger partial charge in [0.05, 0.1) is 10.0 Å². The summed E-state index contributed by atoms with van der Waals surface area (Å²) in [6.07, 6.45) is 3.19. The van der Waals surface area contributed by atoms with E-state index in [2.05, 4.69) is 44.8 Å². The highest BCUT2D eigenvalue weighted by Crippen LogP contribution is 2.55. The van der Waals surface area contributed by atoms with Crippen LogP contribution in [-0.2, 0) is 14.4 Å². The van der Waals surface area contributed by atoms with Crippen LogP contribution in [0.15, 0.2) is 52.9 Å². The van der Waals surface area contributed by atoms with Gasteiger partial charge in [-0.1, -0.05) is 75.5 Å². The van der Waals surface area contributed by atoms with Crippen molar-refractivity contribution in [2.45, 2.75) is 86.5 Å². The molecule has 1 heterocycles. The van der Waals surface area contributed by atoms with Gasteiger partial charge in [0.1, 0.15) is 0 Å². The fourth-order valence-corrected chi connectivity index (χ4v) is 7.65. The Balaban J connectivity index is 1.52. The first-order valence-electron chi connectivity index (χ1n) is 15.4. The maximum absolute atomic E-state index is 13.9. The summed E-state index contributed by atoms with van der Waals surface area (Å²) in [7, 11) is 0. The minimum absolute atomic E-state index is 0.0576. The normalized spacial score (nSPS) is 19.6. The number of carbonyl (C=O) groups excluding carboxylic acids is 3. The average molecular weight is 638 g/mol. The van der Waals surface area contributed by atoms with Crippen LogP contribution in [0.25, 0.3) is 0 Å². The molecule has 0 saturated carbocycles. The second-order valence-electron chi connectivity index (χ2n) is 14.2. The highest BCUT2D eigenvalue weighted by molar-refractivity contribution is 6.37. The predicted octanol–water partition coefficient (Wildman–Crippen LogP) is 8.72. The monoisotopic (exact) mass is 636 g/mol. The van der Waals surface area contributed by atoms with Crippen molar-refractivity contribution in [1.29, 1.82) is 0 Å². The van der Waals surface area contributed by atoms with Gasteiger partial charge in [0, 0.05) is 53.5 Å². The van der Waals surface area contributed by atoms with Crippen LogP contribution in [0.1, 0.15) is 89.3 Å². The van der Waals surface area contributed by atoms with Crippen molar-refractivity contribution in [2.75, 3.05) is 18.5 Å². The van der Waals surface area contributed by atoms with Crippen LogP contribution in [0.4, 0.5) is 5.69 Å². The van der Waals surface area contributed by atoms with Crippen LogP contribution in [-0.4, -0.2) is 35.5 Å². The number of hydrogen-bond donors (Lipinski definition) is 1. The molecule has 6 nitrogen and oxygen atoms in total. The molecule has 0 radical (unpaired) electrons. The van der Waals surface area contributed by atoms with Gasteiger partial charge in [0.2, 0.25) is 0 Å².